The molecular weight excluding hydrogens is 236 g/mol. The Morgan fingerprint density at radius 2 is 2.18 bits per heavy atom. The number of rotatable bonds is 1. The van der Waals surface area contributed by atoms with Crippen molar-refractivity contribution in [3.05, 3.63) is 41.9 Å². The number of H-pyrrole nitrogens is 1. The van der Waals surface area contributed by atoms with Gasteiger partial charge >= 0.3 is 0 Å². The third-order valence-corrected chi connectivity index (χ3v) is 3.89. The molecule has 0 bridgehead atoms. The highest BCUT2D eigenvalue weighted by atomic mass is 32.2. The highest BCUT2D eigenvalue weighted by Crippen LogP contribution is 2.39. The molecule has 17 heavy (non-hydrogen) atoms. The molecule has 1 aliphatic rings. The zero-order chi connectivity index (χ0) is 11.7. The van der Waals surface area contributed by atoms with Gasteiger partial charge in [0.2, 0.25) is 5.91 Å². The van der Waals surface area contributed by atoms with Crippen LogP contribution in [0.5, 0.6) is 0 Å². The van der Waals surface area contributed by atoms with Crippen molar-refractivity contribution >= 4 is 23.5 Å². The second kappa shape index (κ2) is 4.21. The molecule has 0 aromatic carbocycles. The van der Waals surface area contributed by atoms with E-state index in [1.807, 2.05) is 12.1 Å². The topological polar surface area (TPSA) is 70.7 Å². The minimum absolute atomic E-state index is 0.00273. The van der Waals surface area contributed by atoms with E-state index in [0.717, 1.165) is 11.1 Å². The summed E-state index contributed by atoms with van der Waals surface area (Å²) in [7, 11) is 0. The molecule has 0 aliphatic carbocycles. The number of carbonyl (C=O) groups excluding carboxylic acids is 1. The number of pyridine rings is 1. The molecule has 3 heterocycles. The van der Waals surface area contributed by atoms with Crippen molar-refractivity contribution in [3.63, 3.8) is 0 Å². The molecule has 2 aromatic heterocycles. The van der Waals surface area contributed by atoms with Gasteiger partial charge in [0, 0.05) is 18.0 Å². The minimum Gasteiger partial charge on any atom is -0.310 e. The highest BCUT2D eigenvalue weighted by Gasteiger charge is 2.25. The molecule has 86 valence electrons. The van der Waals surface area contributed by atoms with E-state index in [4.69, 9.17) is 0 Å². The lowest BCUT2D eigenvalue weighted by Crippen LogP contribution is -2.12. The van der Waals surface area contributed by atoms with Crippen LogP contribution in [0.4, 0.5) is 5.82 Å². The Kier molecular flexibility index (Phi) is 2.56. The number of amides is 1. The van der Waals surface area contributed by atoms with E-state index in [2.05, 4.69) is 20.5 Å². The fraction of sp³-hybridized carbons (Fsp3) is 0.182. The molecule has 0 spiro atoms. The molecule has 1 atom stereocenters. The molecule has 5 nitrogen and oxygen atoms in total. The van der Waals surface area contributed by atoms with E-state index in [9.17, 15) is 4.79 Å². The van der Waals surface area contributed by atoms with E-state index in [1.54, 1.807) is 30.4 Å². The largest absolute Gasteiger partial charge is 0.310 e. The van der Waals surface area contributed by atoms with Crippen LogP contribution in [0.25, 0.3) is 0 Å². The lowest BCUT2D eigenvalue weighted by molar-refractivity contribution is -0.113. The molecule has 1 aliphatic heterocycles. The summed E-state index contributed by atoms with van der Waals surface area (Å²) in [5.74, 6) is 1.13. The van der Waals surface area contributed by atoms with Gasteiger partial charge in [-0.15, -0.1) is 11.8 Å². The van der Waals surface area contributed by atoms with Crippen LogP contribution in [0.15, 0.2) is 30.7 Å². The highest BCUT2D eigenvalue weighted by molar-refractivity contribution is 8.00. The first kappa shape index (κ1) is 10.3. The fourth-order valence-electron chi connectivity index (χ4n) is 1.83. The fourth-order valence-corrected chi connectivity index (χ4v) is 2.93. The Hall–Kier alpha value is -1.82. The average molecular weight is 246 g/mol. The molecule has 3 rings (SSSR count). The number of carbonyl (C=O) groups is 1. The third kappa shape index (κ3) is 1.91. The van der Waals surface area contributed by atoms with Crippen molar-refractivity contribution in [2.45, 2.75) is 5.25 Å². The molecule has 2 aromatic rings. The van der Waals surface area contributed by atoms with E-state index in [0.29, 0.717) is 11.6 Å². The van der Waals surface area contributed by atoms with Crippen molar-refractivity contribution in [3.8, 4) is 0 Å². The summed E-state index contributed by atoms with van der Waals surface area (Å²) in [5, 5.41) is 9.73. The van der Waals surface area contributed by atoms with Gasteiger partial charge in [-0.05, 0) is 17.7 Å². The van der Waals surface area contributed by atoms with E-state index in [-0.39, 0.29) is 11.2 Å². The van der Waals surface area contributed by atoms with Crippen LogP contribution < -0.4 is 5.32 Å². The number of hydrogen-bond acceptors (Lipinski definition) is 4. The van der Waals surface area contributed by atoms with Crippen molar-refractivity contribution in [2.75, 3.05) is 11.1 Å². The third-order valence-electron chi connectivity index (χ3n) is 2.61. The predicted octanol–water partition coefficient (Wildman–Crippen LogP) is 1.58. The summed E-state index contributed by atoms with van der Waals surface area (Å²) >= 11 is 1.59. The molecule has 0 saturated heterocycles. The van der Waals surface area contributed by atoms with Crippen LogP contribution in [0.2, 0.25) is 0 Å². The number of nitrogens with zero attached hydrogens (tertiary/aromatic N) is 2. The van der Waals surface area contributed by atoms with Gasteiger partial charge in [0.15, 0.2) is 0 Å². The molecule has 0 unspecified atom stereocenters. The quantitative estimate of drug-likeness (QED) is 0.801. The number of hydrogen-bond donors (Lipinski definition) is 2. The van der Waals surface area contributed by atoms with Crippen molar-refractivity contribution in [1.29, 1.82) is 0 Å². The molecule has 0 fully saturated rings. The normalized spacial score (nSPS) is 19.3. The maximum atomic E-state index is 11.5. The smallest absolute Gasteiger partial charge is 0.235 e. The maximum Gasteiger partial charge on any atom is 0.235 e. The van der Waals surface area contributed by atoms with Gasteiger partial charge in [-0.2, -0.15) is 5.10 Å². The van der Waals surface area contributed by atoms with Crippen LogP contribution in [-0.2, 0) is 4.79 Å². The molecule has 2 N–H and O–H groups in total. The number of fused-ring (bicyclic) bond motifs is 1. The minimum atomic E-state index is -0.00273. The van der Waals surface area contributed by atoms with Crippen molar-refractivity contribution in [1.82, 2.24) is 15.2 Å². The molecule has 0 radical (unpaired) electrons. The van der Waals surface area contributed by atoms with Gasteiger partial charge in [0.05, 0.1) is 17.2 Å². The summed E-state index contributed by atoms with van der Waals surface area (Å²) in [6.07, 6.45) is 5.28. The van der Waals surface area contributed by atoms with E-state index >= 15 is 0 Å². The number of anilines is 1. The van der Waals surface area contributed by atoms with Crippen LogP contribution in [-0.4, -0.2) is 26.8 Å². The Morgan fingerprint density at radius 3 is 3.00 bits per heavy atom. The predicted molar refractivity (Wildman–Crippen MR) is 65.8 cm³/mol. The standard InChI is InChI=1S/C11H10N4OS/c16-9-6-17-10(7-1-3-12-4-2-7)8-5-13-15-11(8)14-9/h1-5,10H,6H2,(H2,13,14,15,16)/t10-/m1/s1. The summed E-state index contributed by atoms with van der Waals surface area (Å²) in [6.45, 7) is 0. The first-order chi connectivity index (χ1) is 8.34. The Labute approximate surface area is 102 Å². The molecule has 6 heteroatoms. The molecule has 1 amide bonds. The van der Waals surface area contributed by atoms with Crippen LogP contribution >= 0.6 is 11.8 Å². The summed E-state index contributed by atoms with van der Waals surface area (Å²) in [6, 6.07) is 3.93. The first-order valence-corrected chi connectivity index (χ1v) is 6.24. The van der Waals surface area contributed by atoms with E-state index in [1.165, 1.54) is 0 Å². The zero-order valence-electron chi connectivity index (χ0n) is 8.88. The van der Waals surface area contributed by atoms with Gasteiger partial charge < -0.3 is 5.32 Å². The van der Waals surface area contributed by atoms with Crippen LogP contribution in [0, 0.1) is 0 Å². The van der Waals surface area contributed by atoms with Crippen molar-refractivity contribution in [2.24, 2.45) is 0 Å². The molecule has 0 saturated carbocycles. The maximum absolute atomic E-state index is 11.5. The average Bonchev–Trinajstić information content (AvgIpc) is 2.73. The van der Waals surface area contributed by atoms with Gasteiger partial charge in [-0.25, -0.2) is 0 Å². The van der Waals surface area contributed by atoms with Gasteiger partial charge in [-0.1, -0.05) is 0 Å². The SMILES string of the molecule is O=C1CS[C@H](c2ccncc2)c2cn[nH]c2N1. The Balaban J connectivity index is 2.04. The van der Waals surface area contributed by atoms with Crippen LogP contribution in [0.3, 0.4) is 0 Å². The monoisotopic (exact) mass is 246 g/mol. The summed E-state index contributed by atoms with van der Waals surface area (Å²) in [4.78, 5) is 15.5. The number of nitrogens with one attached hydrogen (secondary N) is 2. The summed E-state index contributed by atoms with van der Waals surface area (Å²) in [5.41, 5.74) is 2.14. The van der Waals surface area contributed by atoms with Gasteiger partial charge in [0.25, 0.3) is 0 Å². The van der Waals surface area contributed by atoms with Gasteiger partial charge in [-0.3, -0.25) is 14.9 Å². The Morgan fingerprint density at radius 1 is 1.35 bits per heavy atom. The lowest BCUT2D eigenvalue weighted by Gasteiger charge is -2.12. The van der Waals surface area contributed by atoms with Crippen molar-refractivity contribution < 1.29 is 4.79 Å². The van der Waals surface area contributed by atoms with Gasteiger partial charge in [0.1, 0.15) is 5.82 Å². The lowest BCUT2D eigenvalue weighted by atomic mass is 10.1. The van der Waals surface area contributed by atoms with Crippen LogP contribution in [0.1, 0.15) is 16.4 Å². The summed E-state index contributed by atoms with van der Waals surface area (Å²) < 4.78 is 0. The van der Waals surface area contributed by atoms with E-state index < -0.39 is 0 Å². The molecular formula is C11H10N4OS. The first-order valence-electron chi connectivity index (χ1n) is 5.19. The second-order valence-electron chi connectivity index (χ2n) is 3.72. The second-order valence-corrected chi connectivity index (χ2v) is 4.81. The number of aromatic amines is 1. The Bertz CT molecular complexity index is 539. The number of aromatic nitrogens is 3. The number of thioether (sulfide) groups is 1. The zero-order valence-corrected chi connectivity index (χ0v) is 9.70.